The summed E-state index contributed by atoms with van der Waals surface area (Å²) < 4.78 is 4.99. The van der Waals surface area contributed by atoms with Gasteiger partial charge in [-0.25, -0.2) is 14.6 Å². The second kappa shape index (κ2) is 10.0. The molecule has 3 N–H and O–H groups in total. The van der Waals surface area contributed by atoms with Crippen molar-refractivity contribution < 1.29 is 14.3 Å². The van der Waals surface area contributed by atoms with Gasteiger partial charge in [0, 0.05) is 17.4 Å². The molecular formula is C20H24N6O3. The molecule has 2 rings (SSSR count). The number of aromatic nitrogens is 2. The van der Waals surface area contributed by atoms with E-state index in [2.05, 4.69) is 32.0 Å². The molecule has 0 saturated carbocycles. The van der Waals surface area contributed by atoms with Crippen LogP contribution in [0.4, 0.5) is 22.2 Å². The summed E-state index contributed by atoms with van der Waals surface area (Å²) in [5.41, 5.74) is 1.92. The van der Waals surface area contributed by atoms with Crippen molar-refractivity contribution in [3.8, 4) is 6.07 Å². The molecule has 2 amide bonds. The summed E-state index contributed by atoms with van der Waals surface area (Å²) in [6.45, 7) is 7.33. The molecule has 0 saturated heterocycles. The normalized spacial score (nSPS) is 11.3. The van der Waals surface area contributed by atoms with E-state index in [1.807, 2.05) is 13.8 Å². The Morgan fingerprint density at radius 2 is 1.90 bits per heavy atom. The number of nitrogens with zero attached hydrogens (tertiary/aromatic N) is 3. The molecule has 0 bridgehead atoms. The summed E-state index contributed by atoms with van der Waals surface area (Å²) in [6, 6.07) is 9.26. The molecule has 0 aliphatic carbocycles. The third-order valence-corrected chi connectivity index (χ3v) is 3.86. The maximum absolute atomic E-state index is 12.3. The molecule has 1 aromatic heterocycles. The monoisotopic (exact) mass is 396 g/mol. The minimum absolute atomic E-state index is 0.0880. The highest BCUT2D eigenvalue weighted by Gasteiger charge is 2.25. The Labute approximate surface area is 169 Å². The van der Waals surface area contributed by atoms with E-state index in [0.717, 1.165) is 5.69 Å². The van der Waals surface area contributed by atoms with Crippen LogP contribution >= 0.6 is 0 Å². The molecule has 0 aliphatic heterocycles. The van der Waals surface area contributed by atoms with Crippen LogP contribution < -0.4 is 16.0 Å². The predicted molar refractivity (Wildman–Crippen MR) is 109 cm³/mol. The zero-order valence-corrected chi connectivity index (χ0v) is 16.8. The number of esters is 1. The molecule has 29 heavy (non-hydrogen) atoms. The minimum Gasteiger partial charge on any atom is -0.464 e. The maximum atomic E-state index is 12.3. The van der Waals surface area contributed by atoms with Crippen molar-refractivity contribution in [1.29, 1.82) is 5.26 Å². The number of carbonyl (C=O) groups is 2. The summed E-state index contributed by atoms with van der Waals surface area (Å²) in [5, 5.41) is 17.1. The molecule has 0 aliphatic rings. The van der Waals surface area contributed by atoms with Gasteiger partial charge in [-0.1, -0.05) is 13.8 Å². The fraction of sp³-hybridized carbons (Fsp3) is 0.350. The topological polar surface area (TPSA) is 129 Å². The lowest BCUT2D eigenvalue weighted by Crippen LogP contribution is -2.47. The quantitative estimate of drug-likeness (QED) is 0.613. The van der Waals surface area contributed by atoms with Crippen molar-refractivity contribution in [2.45, 2.75) is 33.7 Å². The number of anilines is 3. The van der Waals surface area contributed by atoms with Crippen LogP contribution in [0.25, 0.3) is 0 Å². The molecular weight excluding hydrogens is 372 g/mol. The first-order chi connectivity index (χ1) is 13.8. The van der Waals surface area contributed by atoms with Crippen LogP contribution in [0, 0.1) is 24.2 Å². The van der Waals surface area contributed by atoms with Crippen molar-refractivity contribution in [2.75, 3.05) is 17.2 Å². The molecule has 0 radical (unpaired) electrons. The molecule has 1 heterocycles. The minimum atomic E-state index is -0.781. The molecule has 9 nitrogen and oxygen atoms in total. The van der Waals surface area contributed by atoms with Gasteiger partial charge in [-0.3, -0.25) is 5.32 Å². The summed E-state index contributed by atoms with van der Waals surface area (Å²) in [6.07, 6.45) is 0. The fourth-order valence-electron chi connectivity index (χ4n) is 2.47. The second-order valence-electron chi connectivity index (χ2n) is 6.60. The van der Waals surface area contributed by atoms with E-state index in [1.165, 1.54) is 0 Å². The van der Waals surface area contributed by atoms with E-state index in [9.17, 15) is 9.59 Å². The summed E-state index contributed by atoms with van der Waals surface area (Å²) in [4.78, 5) is 32.8. The Morgan fingerprint density at radius 3 is 2.48 bits per heavy atom. The lowest BCUT2D eigenvalue weighted by molar-refractivity contribution is -0.146. The number of benzene rings is 1. The van der Waals surface area contributed by atoms with Crippen molar-refractivity contribution in [1.82, 2.24) is 15.3 Å². The lowest BCUT2D eigenvalue weighted by Gasteiger charge is -2.20. The molecule has 0 spiro atoms. The predicted octanol–water partition coefficient (Wildman–Crippen LogP) is 3.11. The number of amides is 2. The Morgan fingerprint density at radius 1 is 1.21 bits per heavy atom. The van der Waals surface area contributed by atoms with Crippen molar-refractivity contribution >= 4 is 29.5 Å². The van der Waals surface area contributed by atoms with Crippen LogP contribution in [0.2, 0.25) is 0 Å². The number of rotatable bonds is 7. The summed E-state index contributed by atoms with van der Waals surface area (Å²) >= 11 is 0. The number of hydrogen-bond donors (Lipinski definition) is 3. The number of aryl methyl sites for hydroxylation is 1. The van der Waals surface area contributed by atoms with Crippen LogP contribution in [0.1, 0.15) is 32.0 Å². The number of ether oxygens (including phenoxy) is 1. The first-order valence-corrected chi connectivity index (χ1v) is 9.19. The van der Waals surface area contributed by atoms with Crippen LogP contribution in [0.15, 0.2) is 30.3 Å². The van der Waals surface area contributed by atoms with Crippen LogP contribution in [-0.4, -0.2) is 34.6 Å². The van der Waals surface area contributed by atoms with Gasteiger partial charge in [-0.2, -0.15) is 10.2 Å². The number of carbonyl (C=O) groups excluding carboxylic acids is 2. The van der Waals surface area contributed by atoms with E-state index in [4.69, 9.17) is 10.00 Å². The third-order valence-electron chi connectivity index (χ3n) is 3.86. The molecule has 1 atom stereocenters. The van der Waals surface area contributed by atoms with Gasteiger partial charge in [-0.05, 0) is 44.0 Å². The SMILES string of the molecule is CCOC(=O)C(NC(=O)Nc1nc(C)cc(Nc2ccc(C#N)cc2)n1)C(C)C. The first-order valence-electron chi connectivity index (χ1n) is 9.19. The average molecular weight is 396 g/mol. The number of nitriles is 1. The Hall–Kier alpha value is -3.67. The molecule has 0 fully saturated rings. The maximum Gasteiger partial charge on any atom is 0.328 e. The van der Waals surface area contributed by atoms with E-state index in [-0.39, 0.29) is 18.5 Å². The third kappa shape index (κ3) is 6.46. The molecule has 1 aromatic carbocycles. The molecule has 9 heteroatoms. The van der Waals surface area contributed by atoms with E-state index < -0.39 is 18.0 Å². The zero-order valence-electron chi connectivity index (χ0n) is 16.8. The van der Waals surface area contributed by atoms with Crippen LogP contribution in [-0.2, 0) is 9.53 Å². The number of urea groups is 1. The Kier molecular flexibility index (Phi) is 7.48. The van der Waals surface area contributed by atoms with Gasteiger partial charge in [0.2, 0.25) is 5.95 Å². The fourth-order valence-corrected chi connectivity index (χ4v) is 2.47. The van der Waals surface area contributed by atoms with Gasteiger partial charge < -0.3 is 15.4 Å². The largest absolute Gasteiger partial charge is 0.464 e. The van der Waals surface area contributed by atoms with Gasteiger partial charge in [0.1, 0.15) is 11.9 Å². The standard InChI is InChI=1S/C20H24N6O3/c1-5-29-18(27)17(12(2)3)25-20(28)26-19-22-13(4)10-16(24-19)23-15-8-6-14(11-21)7-9-15/h6-10,12,17H,5H2,1-4H3,(H3,22,23,24,25,26,28). The highest BCUT2D eigenvalue weighted by atomic mass is 16.5. The van der Waals surface area contributed by atoms with Gasteiger partial charge in [-0.15, -0.1) is 0 Å². The van der Waals surface area contributed by atoms with Crippen LogP contribution in [0.3, 0.4) is 0 Å². The van der Waals surface area contributed by atoms with E-state index in [0.29, 0.717) is 17.1 Å². The average Bonchev–Trinajstić information content (AvgIpc) is 2.66. The van der Waals surface area contributed by atoms with Crippen molar-refractivity contribution in [3.63, 3.8) is 0 Å². The Balaban J connectivity index is 2.09. The number of nitrogens with one attached hydrogen (secondary N) is 3. The smallest absolute Gasteiger partial charge is 0.328 e. The molecule has 1 unspecified atom stereocenters. The van der Waals surface area contributed by atoms with E-state index in [1.54, 1.807) is 44.2 Å². The second-order valence-corrected chi connectivity index (χ2v) is 6.60. The Bertz CT molecular complexity index is 905. The zero-order chi connectivity index (χ0) is 21.4. The summed E-state index contributed by atoms with van der Waals surface area (Å²) in [5.74, 6) is -0.0776. The number of hydrogen-bond acceptors (Lipinski definition) is 7. The first kappa shape index (κ1) is 21.6. The van der Waals surface area contributed by atoms with Crippen molar-refractivity contribution in [3.05, 3.63) is 41.6 Å². The van der Waals surface area contributed by atoms with Gasteiger partial charge in [0.05, 0.1) is 18.2 Å². The van der Waals surface area contributed by atoms with Gasteiger partial charge in [0.25, 0.3) is 0 Å². The highest BCUT2D eigenvalue weighted by Crippen LogP contribution is 2.17. The van der Waals surface area contributed by atoms with Crippen molar-refractivity contribution in [2.24, 2.45) is 5.92 Å². The lowest BCUT2D eigenvalue weighted by atomic mass is 10.1. The van der Waals surface area contributed by atoms with Gasteiger partial charge >= 0.3 is 12.0 Å². The molecule has 152 valence electrons. The van der Waals surface area contributed by atoms with Crippen LogP contribution in [0.5, 0.6) is 0 Å². The molecule has 2 aromatic rings. The summed E-state index contributed by atoms with van der Waals surface area (Å²) in [7, 11) is 0. The highest BCUT2D eigenvalue weighted by molar-refractivity contribution is 5.91. The van der Waals surface area contributed by atoms with Gasteiger partial charge in [0.15, 0.2) is 0 Å². The van der Waals surface area contributed by atoms with E-state index >= 15 is 0 Å².